The SMILES string of the molecule is O=C(OC1=[N+]C=C(c2ccccc2)N1)C(F)(F)F. The lowest BCUT2D eigenvalue weighted by atomic mass is 10.2. The molecule has 7 heteroatoms. The monoisotopic (exact) mass is 256 g/mol. The highest BCUT2D eigenvalue weighted by molar-refractivity contribution is 5.96. The second kappa shape index (κ2) is 4.52. The smallest absolute Gasteiger partial charge is 0.347 e. The average molecular weight is 256 g/mol. The fourth-order valence-electron chi connectivity index (χ4n) is 1.26. The van der Waals surface area contributed by atoms with Gasteiger partial charge in [-0.3, -0.25) is 0 Å². The van der Waals surface area contributed by atoms with Crippen LogP contribution in [0.5, 0.6) is 0 Å². The standard InChI is InChI=1S/C11H7F3N2O2/c12-11(13,14)9(17)18-10-15-6-8(16-10)7-4-2-1-3-5-7/h1-6,16H/q+1. The van der Waals surface area contributed by atoms with Gasteiger partial charge in [0.25, 0.3) is 0 Å². The topological polar surface area (TPSA) is 52.4 Å². The van der Waals surface area contributed by atoms with Crippen LogP contribution < -0.4 is 10.3 Å². The molecule has 0 atom stereocenters. The van der Waals surface area contributed by atoms with Crippen molar-refractivity contribution in [1.82, 2.24) is 10.3 Å². The van der Waals surface area contributed by atoms with Gasteiger partial charge in [-0.05, 0) is 4.99 Å². The van der Waals surface area contributed by atoms with E-state index in [1.54, 1.807) is 30.3 Å². The summed E-state index contributed by atoms with van der Waals surface area (Å²) in [6, 6.07) is 8.31. The van der Waals surface area contributed by atoms with Crippen LogP contribution in [0.4, 0.5) is 13.2 Å². The molecule has 0 fully saturated rings. The zero-order chi connectivity index (χ0) is 13.2. The van der Waals surface area contributed by atoms with Crippen molar-refractivity contribution in [3.8, 4) is 0 Å². The highest BCUT2D eigenvalue weighted by atomic mass is 19.4. The van der Waals surface area contributed by atoms with Crippen molar-refractivity contribution in [1.29, 1.82) is 0 Å². The van der Waals surface area contributed by atoms with Crippen molar-refractivity contribution < 1.29 is 22.7 Å². The van der Waals surface area contributed by atoms with Gasteiger partial charge < -0.3 is 4.74 Å². The van der Waals surface area contributed by atoms with Crippen LogP contribution in [0.25, 0.3) is 5.70 Å². The number of carbonyl (C=O) groups is 1. The van der Waals surface area contributed by atoms with Crippen LogP contribution in [-0.4, -0.2) is 18.2 Å². The van der Waals surface area contributed by atoms with Gasteiger partial charge in [0.05, 0.1) is 0 Å². The van der Waals surface area contributed by atoms with E-state index in [-0.39, 0.29) is 0 Å². The molecule has 0 bridgehead atoms. The maximum Gasteiger partial charge on any atom is 0.504 e. The Kier molecular flexibility index (Phi) is 3.05. The highest BCUT2D eigenvalue weighted by Gasteiger charge is 2.44. The van der Waals surface area contributed by atoms with Crippen molar-refractivity contribution in [3.63, 3.8) is 0 Å². The number of alkyl halides is 3. The Hall–Kier alpha value is -2.31. The molecule has 1 N–H and O–H groups in total. The number of aliphatic imine (C=N–C) groups is 1. The lowest BCUT2D eigenvalue weighted by Gasteiger charge is -2.03. The summed E-state index contributed by atoms with van der Waals surface area (Å²) in [5, 5.41) is 2.48. The summed E-state index contributed by atoms with van der Waals surface area (Å²) in [6.45, 7) is 0. The van der Waals surface area contributed by atoms with Crippen LogP contribution in [0.3, 0.4) is 0 Å². The van der Waals surface area contributed by atoms with E-state index >= 15 is 0 Å². The lowest BCUT2D eigenvalue weighted by molar-refractivity contribution is -0.191. The van der Waals surface area contributed by atoms with Crippen molar-refractivity contribution in [3.05, 3.63) is 42.1 Å². The molecular formula is C11H7F3N2O2+. The second-order valence-corrected chi connectivity index (χ2v) is 3.36. The number of amidine groups is 1. The third kappa shape index (κ3) is 2.68. The minimum absolute atomic E-state index is 0.459. The van der Waals surface area contributed by atoms with Crippen LogP contribution in [0.2, 0.25) is 0 Å². The number of ether oxygens (including phenoxy) is 1. The van der Waals surface area contributed by atoms with Crippen LogP contribution in [-0.2, 0) is 9.53 Å². The van der Waals surface area contributed by atoms with Gasteiger partial charge in [-0.1, -0.05) is 30.3 Å². The molecule has 1 aliphatic heterocycles. The molecule has 0 unspecified atom stereocenters. The summed E-state index contributed by atoms with van der Waals surface area (Å²) >= 11 is 0. The number of halogens is 3. The molecule has 1 aromatic carbocycles. The fourth-order valence-corrected chi connectivity index (χ4v) is 1.26. The molecule has 0 saturated carbocycles. The molecule has 0 aromatic heterocycles. The molecule has 1 radical (unpaired) electrons. The van der Waals surface area contributed by atoms with Gasteiger partial charge in [0.2, 0.25) is 0 Å². The predicted molar refractivity (Wildman–Crippen MR) is 56.8 cm³/mol. The highest BCUT2D eigenvalue weighted by Crippen LogP contribution is 2.17. The summed E-state index contributed by atoms with van der Waals surface area (Å²) in [6.07, 6.45) is -3.76. The third-order valence-electron chi connectivity index (χ3n) is 2.06. The number of hydrogen-bond donors (Lipinski definition) is 1. The summed E-state index contributed by atoms with van der Waals surface area (Å²) in [5.74, 6) is -2.31. The number of esters is 1. The van der Waals surface area contributed by atoms with Gasteiger partial charge in [-0.15, -0.1) is 0 Å². The van der Waals surface area contributed by atoms with E-state index in [4.69, 9.17) is 0 Å². The maximum absolute atomic E-state index is 11.9. The molecule has 93 valence electrons. The van der Waals surface area contributed by atoms with Crippen molar-refractivity contribution in [2.24, 2.45) is 0 Å². The molecule has 0 aliphatic carbocycles. The number of benzene rings is 1. The van der Waals surface area contributed by atoms with Gasteiger partial charge in [0.1, 0.15) is 0 Å². The number of carbonyl (C=O) groups excluding carboxylic acids is 1. The van der Waals surface area contributed by atoms with Crippen LogP contribution in [0.15, 0.2) is 36.5 Å². The summed E-state index contributed by atoms with van der Waals surface area (Å²) < 4.78 is 39.9. The van der Waals surface area contributed by atoms with E-state index < -0.39 is 18.2 Å². The van der Waals surface area contributed by atoms with Gasteiger partial charge in [-0.2, -0.15) is 18.5 Å². The van der Waals surface area contributed by atoms with Gasteiger partial charge in [-0.25, -0.2) is 4.79 Å². The van der Waals surface area contributed by atoms with E-state index in [1.807, 2.05) is 0 Å². The summed E-state index contributed by atoms with van der Waals surface area (Å²) in [4.78, 5) is 14.1. The molecule has 2 rings (SSSR count). The molecular weight excluding hydrogens is 249 g/mol. The third-order valence-corrected chi connectivity index (χ3v) is 2.06. The number of hydrogen-bond acceptors (Lipinski definition) is 4. The first-order valence-corrected chi connectivity index (χ1v) is 4.86. The molecule has 1 aromatic rings. The Balaban J connectivity index is 1.98. The normalized spacial score (nSPS) is 14.6. The quantitative estimate of drug-likeness (QED) is 0.772. The minimum Gasteiger partial charge on any atom is -0.347 e. The summed E-state index contributed by atoms with van der Waals surface area (Å²) in [5.41, 5.74) is 1.18. The molecule has 0 spiro atoms. The largest absolute Gasteiger partial charge is 0.504 e. The average Bonchev–Trinajstić information content (AvgIpc) is 2.77. The minimum atomic E-state index is -5.04. The molecule has 0 amide bonds. The molecule has 1 heterocycles. The van der Waals surface area contributed by atoms with E-state index in [1.165, 1.54) is 6.20 Å². The first-order valence-electron chi connectivity index (χ1n) is 4.86. The van der Waals surface area contributed by atoms with Crippen LogP contribution >= 0.6 is 0 Å². The van der Waals surface area contributed by atoms with Crippen molar-refractivity contribution in [2.45, 2.75) is 6.18 Å². The molecule has 0 saturated heterocycles. The zero-order valence-corrected chi connectivity index (χ0v) is 8.86. The fraction of sp³-hybridized carbons (Fsp3) is 0.0909. The lowest BCUT2D eigenvalue weighted by Crippen LogP contribution is -2.33. The first kappa shape index (κ1) is 12.2. The van der Waals surface area contributed by atoms with Gasteiger partial charge >= 0.3 is 18.2 Å². The van der Waals surface area contributed by atoms with Gasteiger partial charge in [0, 0.05) is 5.56 Å². The molecule has 18 heavy (non-hydrogen) atoms. The van der Waals surface area contributed by atoms with Crippen LogP contribution in [0, 0.1) is 0 Å². The second-order valence-electron chi connectivity index (χ2n) is 3.36. The molecule has 4 nitrogen and oxygen atoms in total. The van der Waals surface area contributed by atoms with E-state index in [2.05, 4.69) is 15.0 Å². The van der Waals surface area contributed by atoms with E-state index in [9.17, 15) is 18.0 Å². The van der Waals surface area contributed by atoms with Gasteiger partial charge in [0.15, 0.2) is 11.9 Å². The Labute approximate surface area is 99.8 Å². The Morgan fingerprint density at radius 3 is 2.50 bits per heavy atom. The van der Waals surface area contributed by atoms with Crippen molar-refractivity contribution in [2.75, 3.05) is 0 Å². The Morgan fingerprint density at radius 1 is 1.22 bits per heavy atom. The van der Waals surface area contributed by atoms with Crippen LogP contribution in [0.1, 0.15) is 5.56 Å². The first-order chi connectivity index (χ1) is 8.47. The maximum atomic E-state index is 11.9. The van der Waals surface area contributed by atoms with E-state index in [0.29, 0.717) is 5.70 Å². The Bertz CT molecular complexity index is 521. The predicted octanol–water partition coefficient (Wildman–Crippen LogP) is 1.39. The van der Waals surface area contributed by atoms with Crippen molar-refractivity contribution >= 4 is 17.7 Å². The number of nitrogens with one attached hydrogen (secondary N) is 1. The van der Waals surface area contributed by atoms with E-state index in [0.717, 1.165) is 5.56 Å². The number of nitrogens with zero attached hydrogens (tertiary/aromatic N) is 1. The number of rotatable bonds is 1. The zero-order valence-electron chi connectivity index (χ0n) is 8.86. The Morgan fingerprint density at radius 2 is 1.89 bits per heavy atom. The summed E-state index contributed by atoms with van der Waals surface area (Å²) in [7, 11) is 0. The molecule has 1 aliphatic rings.